The molecule has 0 saturated carbocycles. The molecule has 0 heterocycles. The number of carbonyl (C=O) groups is 1. The minimum absolute atomic E-state index is 0.0703. The molecule has 2 aromatic carbocycles. The molecule has 0 spiro atoms. The first kappa shape index (κ1) is 14.5. The number of ether oxygens (including phenoxy) is 1. The number of nitrogens with one attached hydrogen (secondary N) is 1. The maximum Gasteiger partial charge on any atom is 0.407 e. The number of amides is 1. The molecule has 104 valence electrons. The maximum atomic E-state index is 13.5. The molecule has 3 nitrogen and oxygen atoms in total. The Kier molecular flexibility index (Phi) is 5.12. The van der Waals surface area contributed by atoms with Crippen molar-refractivity contribution in [1.82, 2.24) is 5.32 Å². The summed E-state index contributed by atoms with van der Waals surface area (Å²) in [6.45, 7) is 0.256. The number of hydrogen-bond donors (Lipinski definition) is 1. The first-order valence-corrected chi connectivity index (χ1v) is 6.83. The molecule has 0 aliphatic carbocycles. The fourth-order valence-corrected chi connectivity index (χ4v) is 2.12. The van der Waals surface area contributed by atoms with Gasteiger partial charge in [0, 0.05) is 10.0 Å². The van der Waals surface area contributed by atoms with Crippen LogP contribution in [0.1, 0.15) is 11.1 Å². The highest BCUT2D eigenvalue weighted by atomic mass is 79.9. The normalized spacial score (nSPS) is 10.1. The monoisotopic (exact) mass is 337 g/mol. The van der Waals surface area contributed by atoms with Crippen LogP contribution in [-0.2, 0) is 17.9 Å². The van der Waals surface area contributed by atoms with Crippen molar-refractivity contribution in [3.63, 3.8) is 0 Å². The molecule has 0 radical (unpaired) electrons. The summed E-state index contributed by atoms with van der Waals surface area (Å²) in [5, 5.41) is 2.52. The van der Waals surface area contributed by atoms with Gasteiger partial charge < -0.3 is 10.1 Å². The van der Waals surface area contributed by atoms with Crippen molar-refractivity contribution in [3.05, 3.63) is 69.9 Å². The third-order valence-corrected chi connectivity index (χ3v) is 3.43. The van der Waals surface area contributed by atoms with Crippen molar-refractivity contribution in [2.24, 2.45) is 0 Å². The molecule has 0 fully saturated rings. The van der Waals surface area contributed by atoms with Gasteiger partial charge in [0.05, 0.1) is 6.54 Å². The van der Waals surface area contributed by atoms with Crippen molar-refractivity contribution < 1.29 is 13.9 Å². The van der Waals surface area contributed by atoms with Gasteiger partial charge in [-0.3, -0.25) is 0 Å². The topological polar surface area (TPSA) is 38.3 Å². The van der Waals surface area contributed by atoms with Crippen molar-refractivity contribution in [2.75, 3.05) is 0 Å². The molecule has 0 aliphatic rings. The SMILES string of the molecule is O=C(NCc1c(F)cccc1Br)OCc1ccccc1. The minimum Gasteiger partial charge on any atom is -0.445 e. The van der Waals surface area contributed by atoms with Crippen LogP contribution in [0.25, 0.3) is 0 Å². The molecule has 0 bridgehead atoms. The Morgan fingerprint density at radius 3 is 2.60 bits per heavy atom. The molecule has 2 rings (SSSR count). The molecule has 2 aromatic rings. The van der Waals surface area contributed by atoms with E-state index in [0.29, 0.717) is 10.0 Å². The predicted molar refractivity (Wildman–Crippen MR) is 77.6 cm³/mol. The van der Waals surface area contributed by atoms with E-state index in [4.69, 9.17) is 4.74 Å². The largest absolute Gasteiger partial charge is 0.445 e. The first-order chi connectivity index (χ1) is 9.66. The third kappa shape index (κ3) is 4.06. The zero-order valence-corrected chi connectivity index (χ0v) is 12.2. The van der Waals surface area contributed by atoms with Crippen molar-refractivity contribution in [2.45, 2.75) is 13.2 Å². The molecule has 0 saturated heterocycles. The highest BCUT2D eigenvalue weighted by Crippen LogP contribution is 2.19. The van der Waals surface area contributed by atoms with E-state index in [-0.39, 0.29) is 19.0 Å². The first-order valence-electron chi connectivity index (χ1n) is 6.04. The summed E-state index contributed by atoms with van der Waals surface area (Å²) in [4.78, 5) is 11.5. The fourth-order valence-electron chi connectivity index (χ4n) is 1.64. The van der Waals surface area contributed by atoms with Gasteiger partial charge in [0.1, 0.15) is 12.4 Å². The highest BCUT2D eigenvalue weighted by Gasteiger charge is 2.09. The number of halogens is 2. The zero-order chi connectivity index (χ0) is 14.4. The quantitative estimate of drug-likeness (QED) is 0.915. The number of rotatable bonds is 4. The number of benzene rings is 2. The summed E-state index contributed by atoms with van der Waals surface area (Å²) in [7, 11) is 0. The van der Waals surface area contributed by atoms with Gasteiger partial charge in [-0.2, -0.15) is 0 Å². The molecular weight excluding hydrogens is 325 g/mol. The Morgan fingerprint density at radius 1 is 1.15 bits per heavy atom. The van der Waals surface area contributed by atoms with E-state index in [9.17, 15) is 9.18 Å². The minimum atomic E-state index is -0.580. The van der Waals surface area contributed by atoms with Crippen LogP contribution >= 0.6 is 15.9 Å². The Morgan fingerprint density at radius 2 is 1.90 bits per heavy atom. The van der Waals surface area contributed by atoms with Crippen molar-refractivity contribution in [1.29, 1.82) is 0 Å². The Bertz CT molecular complexity index is 569. The number of alkyl carbamates (subject to hydrolysis) is 1. The van der Waals surface area contributed by atoms with Gasteiger partial charge in [0.2, 0.25) is 0 Å². The second-order valence-corrected chi connectivity index (χ2v) is 4.97. The van der Waals surface area contributed by atoms with E-state index >= 15 is 0 Å². The Labute approximate surface area is 124 Å². The van der Waals surface area contributed by atoms with E-state index < -0.39 is 6.09 Å². The lowest BCUT2D eigenvalue weighted by molar-refractivity contribution is 0.139. The molecule has 0 aliphatic heterocycles. The van der Waals surface area contributed by atoms with Gasteiger partial charge in [-0.15, -0.1) is 0 Å². The van der Waals surface area contributed by atoms with E-state index in [1.54, 1.807) is 12.1 Å². The van der Waals surface area contributed by atoms with Crippen LogP contribution in [0.5, 0.6) is 0 Å². The van der Waals surface area contributed by atoms with Crippen molar-refractivity contribution in [3.8, 4) is 0 Å². The lowest BCUT2D eigenvalue weighted by Gasteiger charge is -2.09. The van der Waals surface area contributed by atoms with Gasteiger partial charge in [0.25, 0.3) is 0 Å². The van der Waals surface area contributed by atoms with Crippen LogP contribution in [0.2, 0.25) is 0 Å². The summed E-state index contributed by atoms with van der Waals surface area (Å²) in [5.74, 6) is -0.372. The number of carbonyl (C=O) groups excluding carboxylic acids is 1. The second kappa shape index (κ2) is 7.05. The molecular formula is C15H13BrFNO2. The molecule has 1 N–H and O–H groups in total. The molecule has 0 atom stereocenters. The number of hydrogen-bond acceptors (Lipinski definition) is 2. The molecule has 0 unspecified atom stereocenters. The third-order valence-electron chi connectivity index (χ3n) is 2.68. The molecule has 20 heavy (non-hydrogen) atoms. The maximum absolute atomic E-state index is 13.5. The summed E-state index contributed by atoms with van der Waals surface area (Å²) >= 11 is 3.24. The Hall–Kier alpha value is -1.88. The molecule has 1 amide bonds. The summed E-state index contributed by atoms with van der Waals surface area (Å²) < 4.78 is 19.2. The molecule has 0 aromatic heterocycles. The van der Waals surface area contributed by atoms with Crippen molar-refractivity contribution >= 4 is 22.0 Å². The van der Waals surface area contributed by atoms with Crippen LogP contribution in [0, 0.1) is 5.82 Å². The van der Waals surface area contributed by atoms with Crippen LogP contribution < -0.4 is 5.32 Å². The Balaban J connectivity index is 1.84. The fraction of sp³-hybridized carbons (Fsp3) is 0.133. The zero-order valence-electron chi connectivity index (χ0n) is 10.6. The lowest BCUT2D eigenvalue weighted by Crippen LogP contribution is -2.24. The van der Waals surface area contributed by atoms with Crippen LogP contribution in [0.3, 0.4) is 0 Å². The summed E-state index contributed by atoms with van der Waals surface area (Å²) in [6.07, 6.45) is -0.580. The van der Waals surface area contributed by atoms with Gasteiger partial charge >= 0.3 is 6.09 Å². The highest BCUT2D eigenvalue weighted by molar-refractivity contribution is 9.10. The van der Waals surface area contributed by atoms with E-state index in [1.165, 1.54) is 6.07 Å². The average Bonchev–Trinajstić information content (AvgIpc) is 2.46. The van der Waals surface area contributed by atoms with Crippen LogP contribution in [-0.4, -0.2) is 6.09 Å². The van der Waals surface area contributed by atoms with E-state index in [2.05, 4.69) is 21.2 Å². The van der Waals surface area contributed by atoms with Gasteiger partial charge in [-0.25, -0.2) is 9.18 Å². The van der Waals surface area contributed by atoms with Gasteiger partial charge in [-0.05, 0) is 17.7 Å². The lowest BCUT2D eigenvalue weighted by atomic mass is 10.2. The summed E-state index contributed by atoms with van der Waals surface area (Å²) in [5.41, 5.74) is 1.29. The van der Waals surface area contributed by atoms with E-state index in [1.807, 2.05) is 30.3 Å². The molecule has 5 heteroatoms. The van der Waals surface area contributed by atoms with Gasteiger partial charge in [0.15, 0.2) is 0 Å². The second-order valence-electron chi connectivity index (χ2n) is 4.12. The van der Waals surface area contributed by atoms with Gasteiger partial charge in [-0.1, -0.05) is 52.3 Å². The smallest absolute Gasteiger partial charge is 0.407 e. The summed E-state index contributed by atoms with van der Waals surface area (Å²) in [6, 6.07) is 14.0. The van der Waals surface area contributed by atoms with Crippen LogP contribution in [0.15, 0.2) is 53.0 Å². The van der Waals surface area contributed by atoms with Crippen LogP contribution in [0.4, 0.5) is 9.18 Å². The van der Waals surface area contributed by atoms with E-state index in [0.717, 1.165) is 5.56 Å². The standard InChI is InChI=1S/C15H13BrFNO2/c16-13-7-4-8-14(17)12(13)9-18-15(19)20-10-11-5-2-1-3-6-11/h1-8H,9-10H2,(H,18,19). The average molecular weight is 338 g/mol. The predicted octanol–water partition coefficient (Wildman–Crippen LogP) is 4.01.